The van der Waals surface area contributed by atoms with Crippen LogP contribution >= 0.6 is 0 Å². The molecule has 3 aromatic heterocycles. The SMILES string of the molecule is Nc1cc(NCCc2cnc[nH]2)c2ccc(-c3ccn[nH]3)cc2n1. The summed E-state index contributed by atoms with van der Waals surface area (Å²) in [5.41, 5.74) is 10.9. The zero-order valence-corrected chi connectivity index (χ0v) is 13.0. The first-order valence-electron chi connectivity index (χ1n) is 7.71. The molecule has 4 rings (SSSR count). The number of anilines is 2. The van der Waals surface area contributed by atoms with E-state index in [4.69, 9.17) is 5.73 Å². The molecule has 0 atom stereocenters. The van der Waals surface area contributed by atoms with Crippen LogP contribution in [0.5, 0.6) is 0 Å². The molecule has 0 aliphatic heterocycles. The number of hydrogen-bond donors (Lipinski definition) is 4. The van der Waals surface area contributed by atoms with Crippen LogP contribution in [0.3, 0.4) is 0 Å². The molecule has 0 saturated heterocycles. The zero-order valence-electron chi connectivity index (χ0n) is 13.0. The third-order valence-corrected chi connectivity index (χ3v) is 3.91. The highest BCUT2D eigenvalue weighted by atomic mass is 15.1. The van der Waals surface area contributed by atoms with Crippen molar-refractivity contribution < 1.29 is 0 Å². The first-order chi connectivity index (χ1) is 11.8. The number of fused-ring (bicyclic) bond motifs is 1. The van der Waals surface area contributed by atoms with Gasteiger partial charge in [-0.15, -0.1) is 0 Å². The molecule has 0 amide bonds. The molecule has 24 heavy (non-hydrogen) atoms. The Morgan fingerprint density at radius 2 is 2.12 bits per heavy atom. The second-order valence-corrected chi connectivity index (χ2v) is 5.55. The van der Waals surface area contributed by atoms with Crippen LogP contribution in [0.1, 0.15) is 5.69 Å². The van der Waals surface area contributed by atoms with Crippen LogP contribution in [0, 0.1) is 0 Å². The second-order valence-electron chi connectivity index (χ2n) is 5.55. The molecule has 0 saturated carbocycles. The van der Waals surface area contributed by atoms with Gasteiger partial charge < -0.3 is 16.0 Å². The summed E-state index contributed by atoms with van der Waals surface area (Å²) in [5.74, 6) is 0.494. The predicted octanol–water partition coefficient (Wildman–Crippen LogP) is 2.58. The van der Waals surface area contributed by atoms with Crippen LogP contribution in [-0.2, 0) is 6.42 Å². The number of pyridine rings is 1. The average Bonchev–Trinajstić information content (AvgIpc) is 3.28. The smallest absolute Gasteiger partial charge is 0.126 e. The molecule has 5 N–H and O–H groups in total. The van der Waals surface area contributed by atoms with Crippen LogP contribution in [0.15, 0.2) is 49.1 Å². The number of nitrogen functional groups attached to an aromatic ring is 1. The minimum Gasteiger partial charge on any atom is -0.384 e. The van der Waals surface area contributed by atoms with E-state index in [0.29, 0.717) is 5.82 Å². The number of H-pyrrole nitrogens is 2. The maximum Gasteiger partial charge on any atom is 0.126 e. The van der Waals surface area contributed by atoms with E-state index in [9.17, 15) is 0 Å². The van der Waals surface area contributed by atoms with E-state index in [1.807, 2.05) is 30.5 Å². The van der Waals surface area contributed by atoms with Gasteiger partial charge in [-0.05, 0) is 12.1 Å². The van der Waals surface area contributed by atoms with Gasteiger partial charge in [-0.1, -0.05) is 12.1 Å². The summed E-state index contributed by atoms with van der Waals surface area (Å²) in [4.78, 5) is 11.6. The molecular weight excluding hydrogens is 302 g/mol. The number of benzene rings is 1. The standard InChI is InChI=1S/C17H17N7/c18-17-8-15(20-5-3-12-9-19-10-21-12)13-2-1-11(7-16(13)23-17)14-4-6-22-24-14/h1-2,4,6-10H,3,5H2,(H,19,21)(H,22,24)(H3,18,20,23). The lowest BCUT2D eigenvalue weighted by molar-refractivity contribution is 0.978. The topological polar surface area (TPSA) is 108 Å². The van der Waals surface area contributed by atoms with E-state index in [1.165, 1.54) is 0 Å². The Bertz CT molecular complexity index is 943. The molecular formula is C17H17N7. The monoisotopic (exact) mass is 319 g/mol. The van der Waals surface area contributed by atoms with Crippen molar-refractivity contribution in [2.45, 2.75) is 6.42 Å². The molecule has 0 bridgehead atoms. The number of aromatic nitrogens is 5. The Morgan fingerprint density at radius 1 is 1.17 bits per heavy atom. The Labute approximate surface area is 138 Å². The number of nitrogens with one attached hydrogen (secondary N) is 3. The van der Waals surface area contributed by atoms with Gasteiger partial charge in [0.2, 0.25) is 0 Å². The molecule has 7 nitrogen and oxygen atoms in total. The fraction of sp³-hybridized carbons (Fsp3) is 0.118. The van der Waals surface area contributed by atoms with E-state index in [-0.39, 0.29) is 0 Å². The predicted molar refractivity (Wildman–Crippen MR) is 94.5 cm³/mol. The quantitative estimate of drug-likeness (QED) is 0.452. The van der Waals surface area contributed by atoms with Crippen molar-refractivity contribution in [2.75, 3.05) is 17.6 Å². The summed E-state index contributed by atoms with van der Waals surface area (Å²) in [5, 5.41) is 11.4. The summed E-state index contributed by atoms with van der Waals surface area (Å²) in [7, 11) is 0. The van der Waals surface area contributed by atoms with E-state index in [0.717, 1.165) is 46.5 Å². The highest BCUT2D eigenvalue weighted by Gasteiger charge is 2.07. The van der Waals surface area contributed by atoms with Gasteiger partial charge in [0.15, 0.2) is 0 Å². The van der Waals surface area contributed by atoms with Crippen molar-refractivity contribution in [1.29, 1.82) is 0 Å². The Kier molecular flexibility index (Phi) is 3.59. The van der Waals surface area contributed by atoms with Crippen molar-refractivity contribution in [3.8, 4) is 11.3 Å². The van der Waals surface area contributed by atoms with E-state index < -0.39 is 0 Å². The summed E-state index contributed by atoms with van der Waals surface area (Å²) in [6, 6.07) is 9.91. The lowest BCUT2D eigenvalue weighted by Crippen LogP contribution is -2.06. The minimum atomic E-state index is 0.494. The van der Waals surface area contributed by atoms with Gasteiger partial charge in [-0.2, -0.15) is 5.10 Å². The third-order valence-electron chi connectivity index (χ3n) is 3.91. The molecule has 0 aliphatic rings. The lowest BCUT2D eigenvalue weighted by Gasteiger charge is -2.11. The largest absolute Gasteiger partial charge is 0.384 e. The van der Waals surface area contributed by atoms with E-state index in [2.05, 4.69) is 36.5 Å². The average molecular weight is 319 g/mol. The number of imidazole rings is 1. The maximum absolute atomic E-state index is 5.97. The van der Waals surface area contributed by atoms with E-state index in [1.54, 1.807) is 12.5 Å². The number of nitrogens with two attached hydrogens (primary N) is 1. The van der Waals surface area contributed by atoms with Crippen LogP contribution in [0.2, 0.25) is 0 Å². The summed E-state index contributed by atoms with van der Waals surface area (Å²) in [6.07, 6.45) is 6.11. The number of hydrogen-bond acceptors (Lipinski definition) is 5. The maximum atomic E-state index is 5.97. The van der Waals surface area contributed by atoms with Gasteiger partial charge in [0.25, 0.3) is 0 Å². The molecule has 3 heterocycles. The number of aromatic amines is 2. The minimum absolute atomic E-state index is 0.494. The van der Waals surface area contributed by atoms with E-state index >= 15 is 0 Å². The van der Waals surface area contributed by atoms with Gasteiger partial charge >= 0.3 is 0 Å². The van der Waals surface area contributed by atoms with Gasteiger partial charge in [0.05, 0.1) is 17.5 Å². The van der Waals surface area contributed by atoms with Crippen molar-refractivity contribution in [3.63, 3.8) is 0 Å². The van der Waals surface area contributed by atoms with Crippen LogP contribution < -0.4 is 11.1 Å². The molecule has 0 fully saturated rings. The van der Waals surface area contributed by atoms with Crippen molar-refractivity contribution in [1.82, 2.24) is 25.1 Å². The summed E-state index contributed by atoms with van der Waals surface area (Å²) < 4.78 is 0. The first kappa shape index (κ1) is 14.3. The lowest BCUT2D eigenvalue weighted by atomic mass is 10.1. The Hall–Kier alpha value is -3.35. The first-order valence-corrected chi connectivity index (χ1v) is 7.71. The third kappa shape index (κ3) is 2.79. The molecule has 0 radical (unpaired) electrons. The highest BCUT2D eigenvalue weighted by molar-refractivity contribution is 5.95. The molecule has 0 aliphatic carbocycles. The van der Waals surface area contributed by atoms with Crippen LogP contribution in [0.25, 0.3) is 22.2 Å². The fourth-order valence-electron chi connectivity index (χ4n) is 2.73. The summed E-state index contributed by atoms with van der Waals surface area (Å²) in [6.45, 7) is 0.781. The molecule has 120 valence electrons. The van der Waals surface area contributed by atoms with Crippen molar-refractivity contribution >= 4 is 22.4 Å². The molecule has 1 aromatic carbocycles. The Morgan fingerprint density at radius 3 is 2.92 bits per heavy atom. The van der Waals surface area contributed by atoms with Crippen LogP contribution in [0.4, 0.5) is 11.5 Å². The van der Waals surface area contributed by atoms with Gasteiger partial charge in [0.1, 0.15) is 5.82 Å². The molecule has 4 aromatic rings. The van der Waals surface area contributed by atoms with Crippen molar-refractivity contribution in [2.24, 2.45) is 0 Å². The fourth-order valence-corrected chi connectivity index (χ4v) is 2.73. The van der Waals surface area contributed by atoms with Crippen molar-refractivity contribution in [3.05, 3.63) is 54.7 Å². The highest BCUT2D eigenvalue weighted by Crippen LogP contribution is 2.28. The number of rotatable bonds is 5. The Balaban J connectivity index is 1.62. The second kappa shape index (κ2) is 6.04. The van der Waals surface area contributed by atoms with Gasteiger partial charge in [-0.25, -0.2) is 9.97 Å². The normalized spacial score (nSPS) is 11.0. The van der Waals surface area contributed by atoms with Gasteiger partial charge in [-0.3, -0.25) is 5.10 Å². The molecule has 0 unspecified atom stereocenters. The molecule has 0 spiro atoms. The van der Waals surface area contributed by atoms with Crippen LogP contribution in [-0.4, -0.2) is 31.7 Å². The zero-order chi connectivity index (χ0) is 16.4. The summed E-state index contributed by atoms with van der Waals surface area (Å²) >= 11 is 0. The van der Waals surface area contributed by atoms with Gasteiger partial charge in [0, 0.05) is 53.8 Å². The number of nitrogens with zero attached hydrogens (tertiary/aromatic N) is 3. The molecule has 7 heteroatoms.